The number of carbonyl (C=O) groups is 2. The van der Waals surface area contributed by atoms with Gasteiger partial charge in [-0.05, 0) is 44.0 Å². The predicted molar refractivity (Wildman–Crippen MR) is 141 cm³/mol. The first-order valence-corrected chi connectivity index (χ1v) is 12.9. The molecule has 2 heterocycles. The molecule has 2 aromatic carbocycles. The van der Waals surface area contributed by atoms with Gasteiger partial charge < -0.3 is 15.0 Å². The Kier molecular flexibility index (Phi) is 8.89. The lowest BCUT2D eigenvalue weighted by atomic mass is 9.97. The van der Waals surface area contributed by atoms with Crippen LogP contribution in [-0.4, -0.2) is 84.4 Å². The Morgan fingerprint density at radius 3 is 2.43 bits per heavy atom. The molecule has 1 fully saturated rings. The number of nitrogens with one attached hydrogen (secondary N) is 1. The molecular weight excluding hydrogens is 473 g/mol. The van der Waals surface area contributed by atoms with Crippen molar-refractivity contribution in [2.45, 2.75) is 39.3 Å². The van der Waals surface area contributed by atoms with Crippen molar-refractivity contribution in [1.82, 2.24) is 20.1 Å². The zero-order chi connectivity index (χ0) is 26.4. The molecule has 9 heteroatoms. The first-order chi connectivity index (χ1) is 17.8. The third kappa shape index (κ3) is 7.14. The minimum absolute atomic E-state index is 0.0521. The summed E-state index contributed by atoms with van der Waals surface area (Å²) < 4.78 is 18.9. The van der Waals surface area contributed by atoms with Crippen molar-refractivity contribution in [1.29, 1.82) is 0 Å². The molecule has 198 valence electrons. The monoisotopic (exact) mass is 509 g/mol. The van der Waals surface area contributed by atoms with Gasteiger partial charge in [0.15, 0.2) is 0 Å². The third-order valence-corrected chi connectivity index (χ3v) is 6.62. The fourth-order valence-corrected chi connectivity index (χ4v) is 4.52. The highest BCUT2D eigenvalue weighted by atomic mass is 19.1. The maximum absolute atomic E-state index is 13.7. The van der Waals surface area contributed by atoms with Crippen LogP contribution in [0.5, 0.6) is 0 Å². The molecular formula is C28H36FN5O3. The summed E-state index contributed by atoms with van der Waals surface area (Å²) in [5, 5.41) is 9.10. The van der Waals surface area contributed by atoms with Gasteiger partial charge in [0.25, 0.3) is 5.91 Å². The van der Waals surface area contributed by atoms with E-state index in [-0.39, 0.29) is 36.4 Å². The summed E-state index contributed by atoms with van der Waals surface area (Å²) in [4.78, 5) is 30.5. The van der Waals surface area contributed by atoms with Gasteiger partial charge in [0, 0.05) is 38.6 Å². The van der Waals surface area contributed by atoms with Crippen LogP contribution in [0.15, 0.2) is 53.6 Å². The van der Waals surface area contributed by atoms with E-state index in [1.807, 2.05) is 45.0 Å². The SMILES string of the molecule is Cc1ccc([C@H]2CC(c3ccc(F)cc3)=NN2C(=O)CN(CCN2CCOCC2)C(=O)NC(C)C)cc1. The molecule has 2 aliphatic rings. The number of halogens is 1. The van der Waals surface area contributed by atoms with Gasteiger partial charge in [-0.25, -0.2) is 14.2 Å². The Morgan fingerprint density at radius 1 is 1.11 bits per heavy atom. The number of hydrogen-bond acceptors (Lipinski definition) is 5. The molecule has 2 aliphatic heterocycles. The Hall–Kier alpha value is -3.30. The molecule has 0 aliphatic carbocycles. The van der Waals surface area contributed by atoms with Gasteiger partial charge in [0.1, 0.15) is 12.4 Å². The van der Waals surface area contributed by atoms with Crippen molar-refractivity contribution in [3.8, 4) is 0 Å². The average Bonchev–Trinajstić information content (AvgIpc) is 3.33. The summed E-state index contributed by atoms with van der Waals surface area (Å²) in [5.74, 6) is -0.582. The van der Waals surface area contributed by atoms with Crippen LogP contribution in [0.25, 0.3) is 0 Å². The topological polar surface area (TPSA) is 77.5 Å². The van der Waals surface area contributed by atoms with Crippen molar-refractivity contribution >= 4 is 17.6 Å². The summed E-state index contributed by atoms with van der Waals surface area (Å²) in [6.45, 7) is 9.75. The molecule has 0 spiro atoms. The van der Waals surface area contributed by atoms with Crippen LogP contribution >= 0.6 is 0 Å². The average molecular weight is 510 g/mol. The summed E-state index contributed by atoms with van der Waals surface area (Å²) in [7, 11) is 0. The summed E-state index contributed by atoms with van der Waals surface area (Å²) >= 11 is 0. The van der Waals surface area contributed by atoms with Crippen LogP contribution in [0.1, 0.15) is 43.0 Å². The summed E-state index contributed by atoms with van der Waals surface area (Å²) in [6, 6.07) is 13.6. The standard InChI is InChI=1S/C28H36FN5O3/c1-20(2)30-28(36)33(13-12-32-14-16-37-17-15-32)19-27(35)34-26(23-6-4-21(3)5-7-23)18-25(31-34)22-8-10-24(29)11-9-22/h4-11,20,26H,12-19H2,1-3H3,(H,30,36)/t26-/m1/s1. The Labute approximate surface area is 218 Å². The third-order valence-electron chi connectivity index (χ3n) is 6.62. The molecule has 1 saturated heterocycles. The number of aryl methyl sites for hydroxylation is 1. The molecule has 8 nitrogen and oxygen atoms in total. The number of benzene rings is 2. The fourth-order valence-electron chi connectivity index (χ4n) is 4.52. The van der Waals surface area contributed by atoms with E-state index in [2.05, 4.69) is 15.3 Å². The van der Waals surface area contributed by atoms with Gasteiger partial charge >= 0.3 is 6.03 Å². The lowest BCUT2D eigenvalue weighted by molar-refractivity contribution is -0.133. The van der Waals surface area contributed by atoms with Crippen LogP contribution in [0, 0.1) is 12.7 Å². The minimum Gasteiger partial charge on any atom is -0.379 e. The number of amides is 3. The number of hydrazone groups is 1. The molecule has 0 saturated carbocycles. The zero-order valence-corrected chi connectivity index (χ0v) is 21.8. The maximum atomic E-state index is 13.7. The van der Waals surface area contributed by atoms with Crippen molar-refractivity contribution in [2.24, 2.45) is 5.10 Å². The number of hydrogen-bond donors (Lipinski definition) is 1. The molecule has 0 radical (unpaired) electrons. The molecule has 1 atom stereocenters. The zero-order valence-electron chi connectivity index (χ0n) is 21.8. The number of rotatable bonds is 8. The number of ether oxygens (including phenoxy) is 1. The molecule has 0 unspecified atom stereocenters. The van der Waals surface area contributed by atoms with E-state index in [0.717, 1.165) is 29.8 Å². The van der Waals surface area contributed by atoms with Crippen LogP contribution in [0.3, 0.4) is 0 Å². The number of urea groups is 1. The maximum Gasteiger partial charge on any atom is 0.318 e. The van der Waals surface area contributed by atoms with E-state index < -0.39 is 0 Å². The van der Waals surface area contributed by atoms with Crippen LogP contribution in [0.2, 0.25) is 0 Å². The molecule has 0 aromatic heterocycles. The Balaban J connectivity index is 1.55. The quantitative estimate of drug-likeness (QED) is 0.590. The smallest absolute Gasteiger partial charge is 0.318 e. The highest BCUT2D eigenvalue weighted by Gasteiger charge is 2.34. The molecule has 3 amide bonds. The van der Waals surface area contributed by atoms with E-state index in [1.54, 1.807) is 17.0 Å². The van der Waals surface area contributed by atoms with Gasteiger partial charge in [-0.15, -0.1) is 0 Å². The van der Waals surface area contributed by atoms with Crippen LogP contribution in [0.4, 0.5) is 9.18 Å². The Bertz CT molecular complexity index is 1100. The molecule has 1 N–H and O–H groups in total. The minimum atomic E-state index is -0.322. The van der Waals surface area contributed by atoms with E-state index >= 15 is 0 Å². The van der Waals surface area contributed by atoms with Gasteiger partial charge in [-0.3, -0.25) is 9.69 Å². The molecule has 0 bridgehead atoms. The highest BCUT2D eigenvalue weighted by molar-refractivity contribution is 6.03. The number of carbonyl (C=O) groups excluding carboxylic acids is 2. The van der Waals surface area contributed by atoms with Crippen molar-refractivity contribution in [3.05, 3.63) is 71.0 Å². The van der Waals surface area contributed by atoms with E-state index in [9.17, 15) is 14.0 Å². The van der Waals surface area contributed by atoms with Crippen molar-refractivity contribution in [3.63, 3.8) is 0 Å². The number of nitrogens with zero attached hydrogens (tertiary/aromatic N) is 4. The van der Waals surface area contributed by atoms with E-state index in [0.29, 0.717) is 38.4 Å². The second-order valence-electron chi connectivity index (χ2n) is 9.90. The first-order valence-electron chi connectivity index (χ1n) is 12.9. The molecule has 4 rings (SSSR count). The molecule has 2 aromatic rings. The van der Waals surface area contributed by atoms with Gasteiger partial charge in [-0.1, -0.05) is 42.0 Å². The van der Waals surface area contributed by atoms with Gasteiger partial charge in [0.2, 0.25) is 0 Å². The first kappa shape index (κ1) is 26.8. The normalized spacial score (nSPS) is 18.1. The van der Waals surface area contributed by atoms with E-state index in [4.69, 9.17) is 4.74 Å². The predicted octanol–water partition coefficient (Wildman–Crippen LogP) is 3.56. The van der Waals surface area contributed by atoms with Gasteiger partial charge in [0.05, 0.1) is 25.0 Å². The highest BCUT2D eigenvalue weighted by Crippen LogP contribution is 2.33. The largest absolute Gasteiger partial charge is 0.379 e. The fraction of sp³-hybridized carbons (Fsp3) is 0.464. The lowest BCUT2D eigenvalue weighted by Gasteiger charge is -2.31. The Morgan fingerprint density at radius 2 is 1.78 bits per heavy atom. The summed E-state index contributed by atoms with van der Waals surface area (Å²) in [6.07, 6.45) is 0.506. The van der Waals surface area contributed by atoms with Gasteiger partial charge in [-0.2, -0.15) is 5.10 Å². The van der Waals surface area contributed by atoms with E-state index in [1.165, 1.54) is 17.1 Å². The second kappa shape index (κ2) is 12.3. The number of morpholine rings is 1. The van der Waals surface area contributed by atoms with Crippen molar-refractivity contribution in [2.75, 3.05) is 45.9 Å². The van der Waals surface area contributed by atoms with Crippen LogP contribution < -0.4 is 5.32 Å². The van der Waals surface area contributed by atoms with Crippen LogP contribution in [-0.2, 0) is 9.53 Å². The lowest BCUT2D eigenvalue weighted by Crippen LogP contribution is -2.50. The summed E-state index contributed by atoms with van der Waals surface area (Å²) in [5.41, 5.74) is 3.58. The second-order valence-corrected chi connectivity index (χ2v) is 9.90. The van der Waals surface area contributed by atoms with Crippen molar-refractivity contribution < 1.29 is 18.7 Å². The molecule has 37 heavy (non-hydrogen) atoms.